The van der Waals surface area contributed by atoms with Crippen LogP contribution in [0.25, 0.3) is 0 Å². The minimum atomic E-state index is -0.354. The second kappa shape index (κ2) is 8.16. The zero-order valence-corrected chi connectivity index (χ0v) is 13.0. The van der Waals surface area contributed by atoms with E-state index in [4.69, 9.17) is 11.6 Å². The van der Waals surface area contributed by atoms with Gasteiger partial charge in [-0.1, -0.05) is 54.9 Å². The molecule has 0 saturated heterocycles. The highest BCUT2D eigenvalue weighted by molar-refractivity contribution is 6.30. The standard InChI is InChI=1S/C18H21ClFN/c1-2-21-13-16(15-6-4-3-5-7-15)10-8-14-9-11-18(20)17(19)12-14/h3-7,9,11-12,16,21H,2,8,10,13H2,1H3. The molecule has 112 valence electrons. The molecule has 3 heteroatoms. The van der Waals surface area contributed by atoms with Crippen LogP contribution in [0.5, 0.6) is 0 Å². The van der Waals surface area contributed by atoms with Gasteiger partial charge in [-0.2, -0.15) is 0 Å². The summed E-state index contributed by atoms with van der Waals surface area (Å²) in [5.41, 5.74) is 2.42. The Hall–Kier alpha value is -1.38. The molecule has 0 heterocycles. The summed E-state index contributed by atoms with van der Waals surface area (Å²) >= 11 is 5.84. The van der Waals surface area contributed by atoms with Crippen LogP contribution >= 0.6 is 11.6 Å². The zero-order chi connectivity index (χ0) is 15.1. The third-order valence-corrected chi connectivity index (χ3v) is 3.97. The summed E-state index contributed by atoms with van der Waals surface area (Å²) in [5, 5.41) is 3.62. The second-order valence-corrected chi connectivity index (χ2v) is 5.61. The monoisotopic (exact) mass is 305 g/mol. The molecule has 0 aromatic heterocycles. The molecule has 2 aromatic rings. The Morgan fingerprint density at radius 3 is 2.57 bits per heavy atom. The first-order valence-corrected chi connectivity index (χ1v) is 7.78. The van der Waals surface area contributed by atoms with Gasteiger partial charge in [0.2, 0.25) is 0 Å². The fourth-order valence-electron chi connectivity index (χ4n) is 2.47. The van der Waals surface area contributed by atoms with Crippen LogP contribution in [0.4, 0.5) is 4.39 Å². The van der Waals surface area contributed by atoms with Crippen LogP contribution in [0.3, 0.4) is 0 Å². The summed E-state index contributed by atoms with van der Waals surface area (Å²) in [6.45, 7) is 4.03. The highest BCUT2D eigenvalue weighted by Gasteiger charge is 2.11. The predicted octanol–water partition coefficient (Wildman–Crippen LogP) is 4.81. The lowest BCUT2D eigenvalue weighted by atomic mass is 9.92. The van der Waals surface area contributed by atoms with Crippen LogP contribution in [0.2, 0.25) is 5.02 Å². The number of nitrogens with one attached hydrogen (secondary N) is 1. The molecule has 2 aromatic carbocycles. The van der Waals surface area contributed by atoms with Gasteiger partial charge in [-0.15, -0.1) is 0 Å². The van der Waals surface area contributed by atoms with E-state index in [1.165, 1.54) is 11.6 Å². The Morgan fingerprint density at radius 2 is 1.90 bits per heavy atom. The van der Waals surface area contributed by atoms with E-state index in [1.54, 1.807) is 6.07 Å². The molecule has 1 unspecified atom stereocenters. The van der Waals surface area contributed by atoms with Crippen molar-refractivity contribution in [3.63, 3.8) is 0 Å². The van der Waals surface area contributed by atoms with Crippen LogP contribution in [0, 0.1) is 5.82 Å². The molecule has 0 aliphatic heterocycles. The van der Waals surface area contributed by atoms with Gasteiger partial charge in [-0.05, 0) is 48.6 Å². The third kappa shape index (κ3) is 4.83. The van der Waals surface area contributed by atoms with E-state index in [9.17, 15) is 4.39 Å². The molecule has 0 spiro atoms. The van der Waals surface area contributed by atoms with Gasteiger partial charge in [0.1, 0.15) is 5.82 Å². The fraction of sp³-hybridized carbons (Fsp3) is 0.333. The highest BCUT2D eigenvalue weighted by Crippen LogP contribution is 2.23. The molecule has 0 aliphatic carbocycles. The lowest BCUT2D eigenvalue weighted by molar-refractivity contribution is 0.561. The van der Waals surface area contributed by atoms with Crippen molar-refractivity contribution in [3.05, 3.63) is 70.5 Å². The smallest absolute Gasteiger partial charge is 0.141 e. The predicted molar refractivity (Wildman–Crippen MR) is 87.5 cm³/mol. The first-order valence-electron chi connectivity index (χ1n) is 7.40. The molecular formula is C18H21ClFN. The Labute approximate surface area is 131 Å². The van der Waals surface area contributed by atoms with Crippen molar-refractivity contribution in [2.45, 2.75) is 25.7 Å². The normalized spacial score (nSPS) is 12.3. The van der Waals surface area contributed by atoms with Gasteiger partial charge < -0.3 is 5.32 Å². The SMILES string of the molecule is CCNCC(CCc1ccc(F)c(Cl)c1)c1ccccc1. The minimum absolute atomic E-state index is 0.204. The van der Waals surface area contributed by atoms with Gasteiger partial charge in [0.15, 0.2) is 0 Å². The van der Waals surface area contributed by atoms with Crippen molar-refractivity contribution in [1.29, 1.82) is 0 Å². The van der Waals surface area contributed by atoms with Crippen molar-refractivity contribution in [3.8, 4) is 0 Å². The van der Waals surface area contributed by atoms with Crippen LogP contribution in [0.15, 0.2) is 48.5 Å². The van der Waals surface area contributed by atoms with Crippen molar-refractivity contribution in [1.82, 2.24) is 5.32 Å². The largest absolute Gasteiger partial charge is 0.316 e. The van der Waals surface area contributed by atoms with Crippen LogP contribution < -0.4 is 5.32 Å². The number of likely N-dealkylation sites (N-methyl/N-ethyl adjacent to an activating group) is 1. The Bertz CT molecular complexity index is 556. The van der Waals surface area contributed by atoms with Gasteiger partial charge in [0.25, 0.3) is 0 Å². The lowest BCUT2D eigenvalue weighted by Crippen LogP contribution is -2.21. The van der Waals surface area contributed by atoms with Crippen molar-refractivity contribution >= 4 is 11.6 Å². The molecule has 0 radical (unpaired) electrons. The molecule has 0 saturated carbocycles. The van der Waals surface area contributed by atoms with E-state index < -0.39 is 0 Å². The summed E-state index contributed by atoms with van der Waals surface area (Å²) in [7, 11) is 0. The number of benzene rings is 2. The van der Waals surface area contributed by atoms with Crippen molar-refractivity contribution < 1.29 is 4.39 Å². The summed E-state index contributed by atoms with van der Waals surface area (Å²) < 4.78 is 13.2. The number of rotatable bonds is 7. The maximum absolute atomic E-state index is 13.2. The van der Waals surface area contributed by atoms with Gasteiger partial charge >= 0.3 is 0 Å². The molecular weight excluding hydrogens is 285 g/mol. The Balaban J connectivity index is 2.03. The number of hydrogen-bond acceptors (Lipinski definition) is 1. The summed E-state index contributed by atoms with van der Waals surface area (Å²) in [4.78, 5) is 0. The molecule has 2 rings (SSSR count). The van der Waals surface area contributed by atoms with E-state index in [1.807, 2.05) is 12.1 Å². The molecule has 0 bridgehead atoms. The molecule has 1 atom stereocenters. The molecule has 0 amide bonds. The van der Waals surface area contributed by atoms with Crippen molar-refractivity contribution in [2.24, 2.45) is 0 Å². The molecule has 21 heavy (non-hydrogen) atoms. The van der Waals surface area contributed by atoms with Crippen LogP contribution in [0.1, 0.15) is 30.4 Å². The summed E-state index contributed by atoms with van der Waals surface area (Å²) in [5.74, 6) is 0.0997. The van der Waals surface area contributed by atoms with E-state index in [0.717, 1.165) is 31.5 Å². The summed E-state index contributed by atoms with van der Waals surface area (Å²) in [6, 6.07) is 15.5. The second-order valence-electron chi connectivity index (χ2n) is 5.20. The minimum Gasteiger partial charge on any atom is -0.316 e. The van der Waals surface area contributed by atoms with Gasteiger partial charge in [-0.25, -0.2) is 4.39 Å². The Morgan fingerprint density at radius 1 is 1.14 bits per heavy atom. The number of hydrogen-bond donors (Lipinski definition) is 1. The van der Waals surface area contributed by atoms with E-state index in [2.05, 4.69) is 36.5 Å². The van der Waals surface area contributed by atoms with E-state index >= 15 is 0 Å². The third-order valence-electron chi connectivity index (χ3n) is 3.68. The van der Waals surface area contributed by atoms with E-state index in [0.29, 0.717) is 5.92 Å². The zero-order valence-electron chi connectivity index (χ0n) is 12.3. The van der Waals surface area contributed by atoms with E-state index in [-0.39, 0.29) is 10.8 Å². The number of aryl methyl sites for hydroxylation is 1. The maximum Gasteiger partial charge on any atom is 0.141 e. The maximum atomic E-state index is 13.2. The van der Waals surface area contributed by atoms with Crippen LogP contribution in [-0.4, -0.2) is 13.1 Å². The van der Waals surface area contributed by atoms with Gasteiger partial charge in [0, 0.05) is 6.54 Å². The summed E-state index contributed by atoms with van der Waals surface area (Å²) in [6.07, 6.45) is 1.91. The number of halogens is 2. The Kier molecular flexibility index (Phi) is 6.21. The molecule has 1 nitrogen and oxygen atoms in total. The van der Waals surface area contributed by atoms with Crippen LogP contribution in [-0.2, 0) is 6.42 Å². The van der Waals surface area contributed by atoms with Gasteiger partial charge in [0.05, 0.1) is 5.02 Å². The fourth-order valence-corrected chi connectivity index (χ4v) is 2.67. The quantitative estimate of drug-likeness (QED) is 0.774. The highest BCUT2D eigenvalue weighted by atomic mass is 35.5. The van der Waals surface area contributed by atoms with Crippen molar-refractivity contribution in [2.75, 3.05) is 13.1 Å². The lowest BCUT2D eigenvalue weighted by Gasteiger charge is -2.18. The first-order chi connectivity index (χ1) is 10.2. The average molecular weight is 306 g/mol. The molecule has 1 N–H and O–H groups in total. The van der Waals surface area contributed by atoms with Gasteiger partial charge in [-0.3, -0.25) is 0 Å². The topological polar surface area (TPSA) is 12.0 Å². The molecule has 0 aliphatic rings. The molecule has 0 fully saturated rings. The first kappa shape index (κ1) is 16.0. The average Bonchev–Trinajstić information content (AvgIpc) is 2.51.